The summed E-state index contributed by atoms with van der Waals surface area (Å²) in [5.41, 5.74) is 4.93. The first kappa shape index (κ1) is 12.4. The highest BCUT2D eigenvalue weighted by Crippen LogP contribution is 2.15. The Morgan fingerprint density at radius 2 is 1.72 bits per heavy atom. The summed E-state index contributed by atoms with van der Waals surface area (Å²) in [7, 11) is 4.10. The van der Waals surface area contributed by atoms with Gasteiger partial charge >= 0.3 is 0 Å². The molecule has 0 aliphatic rings. The van der Waals surface area contributed by atoms with Crippen molar-refractivity contribution in [3.05, 3.63) is 59.4 Å². The summed E-state index contributed by atoms with van der Waals surface area (Å²) in [5, 5.41) is 0. The van der Waals surface area contributed by atoms with E-state index in [1.807, 2.05) is 12.4 Å². The van der Waals surface area contributed by atoms with Crippen molar-refractivity contribution in [1.82, 2.24) is 0 Å². The van der Waals surface area contributed by atoms with Crippen LogP contribution in [0.4, 0.5) is 5.69 Å². The molecule has 1 heterocycles. The number of pyridine rings is 1. The van der Waals surface area contributed by atoms with E-state index < -0.39 is 0 Å². The highest BCUT2D eigenvalue weighted by Gasteiger charge is 1.96. The molecule has 0 fully saturated rings. The molecule has 0 saturated carbocycles. The third kappa shape index (κ3) is 2.98. The minimum atomic E-state index is 1.22. The molecular formula is C16H19N2+. The number of aromatic amines is 1. The Kier molecular flexibility index (Phi) is 3.78. The largest absolute Gasteiger partial charge is 0.378 e. The van der Waals surface area contributed by atoms with Gasteiger partial charge in [-0.05, 0) is 30.2 Å². The first-order valence-corrected chi connectivity index (χ1v) is 6.09. The zero-order valence-electron chi connectivity index (χ0n) is 11.1. The summed E-state index contributed by atoms with van der Waals surface area (Å²) < 4.78 is 0. The highest BCUT2D eigenvalue weighted by molar-refractivity contribution is 5.71. The average molecular weight is 239 g/mol. The van der Waals surface area contributed by atoms with Crippen LogP contribution in [-0.2, 0) is 0 Å². The minimum Gasteiger partial charge on any atom is -0.378 e. The van der Waals surface area contributed by atoms with E-state index in [2.05, 4.69) is 73.4 Å². The van der Waals surface area contributed by atoms with Crippen molar-refractivity contribution >= 4 is 17.8 Å². The average Bonchev–Trinajstić information content (AvgIpc) is 2.38. The van der Waals surface area contributed by atoms with Gasteiger partial charge in [0.25, 0.3) is 0 Å². The van der Waals surface area contributed by atoms with E-state index in [1.54, 1.807) is 0 Å². The van der Waals surface area contributed by atoms with Crippen LogP contribution in [0.15, 0.2) is 42.7 Å². The molecule has 2 heteroatoms. The topological polar surface area (TPSA) is 17.4 Å². The van der Waals surface area contributed by atoms with Gasteiger partial charge in [-0.15, -0.1) is 0 Å². The quantitative estimate of drug-likeness (QED) is 0.804. The molecule has 0 aliphatic carbocycles. The number of aryl methyl sites for hydroxylation is 1. The maximum absolute atomic E-state index is 3.08. The Morgan fingerprint density at radius 3 is 2.33 bits per heavy atom. The second-order valence-corrected chi connectivity index (χ2v) is 4.60. The summed E-state index contributed by atoms with van der Waals surface area (Å²) in [6.45, 7) is 2.10. The maximum Gasteiger partial charge on any atom is 0.170 e. The lowest BCUT2D eigenvalue weighted by molar-refractivity contribution is -0.378. The lowest BCUT2D eigenvalue weighted by atomic mass is 10.1. The summed E-state index contributed by atoms with van der Waals surface area (Å²) >= 11 is 0. The van der Waals surface area contributed by atoms with Gasteiger partial charge in [-0.2, -0.15) is 0 Å². The number of anilines is 1. The number of hydrogen-bond acceptors (Lipinski definition) is 1. The van der Waals surface area contributed by atoms with Crippen LogP contribution in [0.2, 0.25) is 0 Å². The van der Waals surface area contributed by atoms with Crippen molar-refractivity contribution < 1.29 is 4.98 Å². The van der Waals surface area contributed by atoms with Gasteiger partial charge in [0.15, 0.2) is 12.4 Å². The first-order valence-electron chi connectivity index (χ1n) is 6.09. The molecule has 0 amide bonds. The van der Waals surface area contributed by atoms with E-state index in [0.717, 1.165) is 0 Å². The van der Waals surface area contributed by atoms with Crippen LogP contribution in [0.3, 0.4) is 0 Å². The van der Waals surface area contributed by atoms with E-state index >= 15 is 0 Å². The van der Waals surface area contributed by atoms with Crippen LogP contribution in [0, 0.1) is 6.92 Å². The predicted molar refractivity (Wildman–Crippen MR) is 77.4 cm³/mol. The summed E-state index contributed by atoms with van der Waals surface area (Å²) in [6.07, 6.45) is 8.24. The van der Waals surface area contributed by atoms with Crippen LogP contribution in [0.1, 0.15) is 16.7 Å². The van der Waals surface area contributed by atoms with E-state index in [0.29, 0.717) is 0 Å². The molecule has 0 radical (unpaired) electrons. The third-order valence-corrected chi connectivity index (χ3v) is 2.98. The van der Waals surface area contributed by atoms with Crippen molar-refractivity contribution in [2.75, 3.05) is 19.0 Å². The number of rotatable bonds is 3. The second kappa shape index (κ2) is 5.50. The van der Waals surface area contributed by atoms with E-state index in [4.69, 9.17) is 0 Å². The van der Waals surface area contributed by atoms with E-state index in [1.165, 1.54) is 22.4 Å². The van der Waals surface area contributed by atoms with Gasteiger partial charge in [-0.1, -0.05) is 24.3 Å². The number of nitrogens with zero attached hydrogens (tertiary/aromatic N) is 1. The smallest absolute Gasteiger partial charge is 0.170 e. The normalized spacial score (nSPS) is 10.8. The minimum absolute atomic E-state index is 1.22. The second-order valence-electron chi connectivity index (χ2n) is 4.60. The van der Waals surface area contributed by atoms with Crippen LogP contribution in [0.25, 0.3) is 12.2 Å². The molecule has 92 valence electrons. The fourth-order valence-electron chi connectivity index (χ4n) is 1.78. The van der Waals surface area contributed by atoms with Crippen molar-refractivity contribution in [2.24, 2.45) is 0 Å². The van der Waals surface area contributed by atoms with Gasteiger partial charge in [0.1, 0.15) is 0 Å². The summed E-state index contributed by atoms with van der Waals surface area (Å²) in [4.78, 5) is 5.18. The number of H-pyrrole nitrogens is 1. The lowest BCUT2D eigenvalue weighted by Gasteiger charge is -2.11. The van der Waals surface area contributed by atoms with Gasteiger partial charge in [-0.25, -0.2) is 4.98 Å². The van der Waals surface area contributed by atoms with Crippen LogP contribution in [0.5, 0.6) is 0 Å². The van der Waals surface area contributed by atoms with Crippen LogP contribution < -0.4 is 9.88 Å². The number of aromatic nitrogens is 1. The number of hydrogen-bond donors (Lipinski definition) is 0. The first-order chi connectivity index (χ1) is 8.66. The monoisotopic (exact) mass is 239 g/mol. The Bertz CT molecular complexity index is 539. The number of benzene rings is 1. The molecule has 2 nitrogen and oxygen atoms in total. The van der Waals surface area contributed by atoms with Crippen molar-refractivity contribution in [3.63, 3.8) is 0 Å². The Morgan fingerprint density at radius 1 is 1.00 bits per heavy atom. The third-order valence-electron chi connectivity index (χ3n) is 2.98. The maximum atomic E-state index is 3.08. The fraction of sp³-hybridized carbons (Fsp3) is 0.188. The zero-order valence-corrected chi connectivity index (χ0v) is 11.1. The highest BCUT2D eigenvalue weighted by atomic mass is 15.1. The van der Waals surface area contributed by atoms with Gasteiger partial charge in [0, 0.05) is 31.4 Å². The van der Waals surface area contributed by atoms with E-state index in [-0.39, 0.29) is 0 Å². The molecule has 0 atom stereocenters. The van der Waals surface area contributed by atoms with Gasteiger partial charge < -0.3 is 4.90 Å². The van der Waals surface area contributed by atoms with Crippen molar-refractivity contribution in [3.8, 4) is 0 Å². The van der Waals surface area contributed by atoms with Gasteiger partial charge in [0.2, 0.25) is 0 Å². The van der Waals surface area contributed by atoms with Crippen molar-refractivity contribution in [2.45, 2.75) is 6.92 Å². The summed E-state index contributed by atoms with van der Waals surface area (Å²) in [5.74, 6) is 0. The lowest BCUT2D eigenvalue weighted by Crippen LogP contribution is -2.07. The molecule has 0 aliphatic heterocycles. The Labute approximate surface area is 109 Å². The molecule has 0 bridgehead atoms. The molecule has 0 spiro atoms. The molecule has 0 saturated heterocycles. The molecule has 1 aromatic heterocycles. The molecular weight excluding hydrogens is 220 g/mol. The summed E-state index contributed by atoms with van der Waals surface area (Å²) in [6, 6.07) is 10.6. The molecule has 2 aromatic rings. The van der Waals surface area contributed by atoms with E-state index in [9.17, 15) is 0 Å². The standard InChI is InChI=1S/C16H18N2/c1-13-12-17-11-10-15(13)7-4-14-5-8-16(9-6-14)18(2)3/h4-12H,1-3H3/p+1/b7-4+. The van der Waals surface area contributed by atoms with Gasteiger partial charge in [-0.3, -0.25) is 0 Å². The Balaban J connectivity index is 2.17. The van der Waals surface area contributed by atoms with Crippen molar-refractivity contribution in [1.29, 1.82) is 0 Å². The predicted octanol–water partition coefficient (Wildman–Crippen LogP) is 3.05. The molecule has 2 rings (SSSR count). The van der Waals surface area contributed by atoms with Crippen LogP contribution >= 0.6 is 0 Å². The fourth-order valence-corrected chi connectivity index (χ4v) is 1.78. The molecule has 0 unspecified atom stereocenters. The SMILES string of the molecule is Cc1c[nH+]ccc1/C=C/c1ccc(N(C)C)cc1. The number of nitrogens with one attached hydrogen (secondary N) is 1. The molecule has 18 heavy (non-hydrogen) atoms. The van der Waals surface area contributed by atoms with Gasteiger partial charge in [0.05, 0.1) is 0 Å². The molecule has 1 N–H and O–H groups in total. The van der Waals surface area contributed by atoms with Crippen LogP contribution in [-0.4, -0.2) is 14.1 Å². The molecule has 1 aromatic carbocycles. The Hall–Kier alpha value is -2.09. The zero-order chi connectivity index (χ0) is 13.0.